The lowest BCUT2D eigenvalue weighted by Crippen LogP contribution is -2.51. The van der Waals surface area contributed by atoms with E-state index >= 15 is 0 Å². The second-order valence-electron chi connectivity index (χ2n) is 8.87. The summed E-state index contributed by atoms with van der Waals surface area (Å²) in [5.74, 6) is -2.13. The molecule has 172 valence electrons. The van der Waals surface area contributed by atoms with Gasteiger partial charge in [-0.15, -0.1) is 0 Å². The van der Waals surface area contributed by atoms with E-state index in [0.29, 0.717) is 6.42 Å². The van der Waals surface area contributed by atoms with E-state index in [1.165, 1.54) is 0 Å². The highest BCUT2D eigenvalue weighted by atomic mass is 16.5. The van der Waals surface area contributed by atoms with Gasteiger partial charge in [0.15, 0.2) is 0 Å². The van der Waals surface area contributed by atoms with E-state index in [1.54, 1.807) is 12.2 Å². The lowest BCUT2D eigenvalue weighted by molar-refractivity contribution is -0.140. The molecule has 33 heavy (non-hydrogen) atoms. The quantitative estimate of drug-likeness (QED) is 0.561. The largest absolute Gasteiger partial charge is 0.481 e. The molecule has 7 nitrogen and oxygen atoms in total. The standard InChI is InChI=1S/C26H28N2O5/c1-15(2)23(24(29)27-17-12-11-16(13-17)25(30)31)28-26(32)33-14-22-20-9-5-3-7-18(20)19-8-4-6-10-21(19)22/h3-12,15-17,22-23H,13-14H2,1-2H3,(H,27,29)(H,28,32)(H,30,31)/t16?,17?,23-/m0/s1. The molecule has 0 spiro atoms. The van der Waals surface area contributed by atoms with Crippen LogP contribution in [0.1, 0.15) is 37.3 Å². The maximum Gasteiger partial charge on any atom is 0.407 e. The zero-order valence-electron chi connectivity index (χ0n) is 18.7. The number of benzene rings is 2. The molecule has 0 saturated carbocycles. The number of carboxylic acid groups (broad SMARTS) is 1. The Labute approximate surface area is 192 Å². The zero-order chi connectivity index (χ0) is 23.5. The third-order valence-corrected chi connectivity index (χ3v) is 6.29. The van der Waals surface area contributed by atoms with Gasteiger partial charge in [0.05, 0.1) is 5.92 Å². The van der Waals surface area contributed by atoms with E-state index in [0.717, 1.165) is 22.3 Å². The van der Waals surface area contributed by atoms with Crippen molar-refractivity contribution in [1.82, 2.24) is 10.6 Å². The molecule has 4 rings (SSSR count). The van der Waals surface area contributed by atoms with Crippen LogP contribution in [-0.2, 0) is 14.3 Å². The van der Waals surface area contributed by atoms with E-state index in [1.807, 2.05) is 50.2 Å². The minimum Gasteiger partial charge on any atom is -0.481 e. The van der Waals surface area contributed by atoms with E-state index in [9.17, 15) is 14.4 Å². The topological polar surface area (TPSA) is 105 Å². The number of nitrogens with one attached hydrogen (secondary N) is 2. The van der Waals surface area contributed by atoms with Gasteiger partial charge < -0.3 is 20.5 Å². The van der Waals surface area contributed by atoms with Gasteiger partial charge in [-0.1, -0.05) is 74.5 Å². The maximum absolute atomic E-state index is 12.8. The number of fused-ring (bicyclic) bond motifs is 3. The first-order valence-electron chi connectivity index (χ1n) is 11.2. The van der Waals surface area contributed by atoms with Crippen molar-refractivity contribution in [2.24, 2.45) is 11.8 Å². The molecule has 2 aromatic rings. The van der Waals surface area contributed by atoms with E-state index in [-0.39, 0.29) is 30.4 Å². The molecule has 0 aromatic heterocycles. The third kappa shape index (κ3) is 4.77. The Balaban J connectivity index is 1.37. The van der Waals surface area contributed by atoms with Gasteiger partial charge in [-0.3, -0.25) is 9.59 Å². The second kappa shape index (κ2) is 9.48. The Hall–Kier alpha value is -3.61. The maximum atomic E-state index is 12.8. The molecule has 3 N–H and O–H groups in total. The molecule has 0 radical (unpaired) electrons. The average molecular weight is 449 g/mol. The van der Waals surface area contributed by atoms with Crippen LogP contribution in [0, 0.1) is 11.8 Å². The minimum absolute atomic E-state index is 0.0638. The second-order valence-corrected chi connectivity index (χ2v) is 8.87. The molecule has 0 aliphatic heterocycles. The van der Waals surface area contributed by atoms with Crippen LogP contribution in [0.15, 0.2) is 60.7 Å². The SMILES string of the molecule is CC(C)[C@H](NC(=O)OCC1c2ccccc2-c2ccccc21)C(=O)NC1C=CC(C(=O)O)C1. The first kappa shape index (κ1) is 22.6. The van der Waals surface area contributed by atoms with Crippen LogP contribution in [0.4, 0.5) is 4.79 Å². The molecule has 7 heteroatoms. The number of hydrogen-bond acceptors (Lipinski definition) is 4. The summed E-state index contributed by atoms with van der Waals surface area (Å²) in [6.07, 6.45) is 2.91. The first-order valence-corrected chi connectivity index (χ1v) is 11.2. The van der Waals surface area contributed by atoms with Crippen molar-refractivity contribution < 1.29 is 24.2 Å². The van der Waals surface area contributed by atoms with Gasteiger partial charge in [-0.05, 0) is 34.6 Å². The van der Waals surface area contributed by atoms with Crippen LogP contribution in [0.25, 0.3) is 11.1 Å². The van der Waals surface area contributed by atoms with Gasteiger partial charge in [0, 0.05) is 12.0 Å². The highest BCUT2D eigenvalue weighted by Gasteiger charge is 2.32. The molecule has 0 saturated heterocycles. The summed E-state index contributed by atoms with van der Waals surface area (Å²) in [4.78, 5) is 36.5. The summed E-state index contributed by atoms with van der Waals surface area (Å²) in [6.45, 7) is 3.83. The van der Waals surface area contributed by atoms with Crippen LogP contribution in [0.3, 0.4) is 0 Å². The van der Waals surface area contributed by atoms with Crippen molar-refractivity contribution in [2.75, 3.05) is 6.61 Å². The van der Waals surface area contributed by atoms with Gasteiger partial charge in [0.1, 0.15) is 12.6 Å². The number of alkyl carbamates (subject to hydrolysis) is 1. The number of carboxylic acids is 1. The molecule has 2 unspecified atom stereocenters. The number of rotatable bonds is 7. The van der Waals surface area contributed by atoms with Crippen LogP contribution in [-0.4, -0.2) is 41.8 Å². The monoisotopic (exact) mass is 448 g/mol. The number of carbonyl (C=O) groups is 3. The van der Waals surface area contributed by atoms with Crippen molar-refractivity contribution in [3.63, 3.8) is 0 Å². The van der Waals surface area contributed by atoms with Crippen molar-refractivity contribution in [3.05, 3.63) is 71.8 Å². The Morgan fingerprint density at radius 1 is 1.00 bits per heavy atom. The average Bonchev–Trinajstić information content (AvgIpc) is 3.39. The third-order valence-electron chi connectivity index (χ3n) is 6.29. The van der Waals surface area contributed by atoms with Gasteiger partial charge >= 0.3 is 12.1 Å². The van der Waals surface area contributed by atoms with Crippen molar-refractivity contribution in [1.29, 1.82) is 0 Å². The number of amides is 2. The molecular weight excluding hydrogens is 420 g/mol. The zero-order valence-corrected chi connectivity index (χ0v) is 18.7. The number of carbonyl (C=O) groups excluding carboxylic acids is 2. The lowest BCUT2D eigenvalue weighted by Gasteiger charge is -2.24. The van der Waals surface area contributed by atoms with Crippen molar-refractivity contribution in [3.8, 4) is 11.1 Å². The lowest BCUT2D eigenvalue weighted by atomic mass is 9.98. The van der Waals surface area contributed by atoms with E-state index < -0.39 is 24.0 Å². The summed E-state index contributed by atoms with van der Waals surface area (Å²) in [7, 11) is 0. The van der Waals surface area contributed by atoms with Crippen LogP contribution in [0.2, 0.25) is 0 Å². The summed E-state index contributed by atoms with van der Waals surface area (Å²) < 4.78 is 5.57. The van der Waals surface area contributed by atoms with Crippen LogP contribution >= 0.6 is 0 Å². The van der Waals surface area contributed by atoms with Crippen molar-refractivity contribution in [2.45, 2.75) is 38.3 Å². The molecule has 0 heterocycles. The van der Waals surface area contributed by atoms with Crippen LogP contribution in [0.5, 0.6) is 0 Å². The highest BCUT2D eigenvalue weighted by Crippen LogP contribution is 2.44. The van der Waals surface area contributed by atoms with Gasteiger partial charge in [0.25, 0.3) is 0 Å². The molecule has 2 aromatic carbocycles. The molecule has 2 aliphatic carbocycles. The summed E-state index contributed by atoms with van der Waals surface area (Å²) >= 11 is 0. The molecule has 3 atom stereocenters. The number of ether oxygens (including phenoxy) is 1. The number of hydrogen-bond donors (Lipinski definition) is 3. The molecule has 0 fully saturated rings. The van der Waals surface area contributed by atoms with Gasteiger partial charge in [-0.25, -0.2) is 4.79 Å². The van der Waals surface area contributed by atoms with Gasteiger partial charge in [-0.2, -0.15) is 0 Å². The Kier molecular flexibility index (Phi) is 6.49. The summed E-state index contributed by atoms with van der Waals surface area (Å²) in [6, 6.07) is 15.0. The normalized spacial score (nSPS) is 19.6. The Morgan fingerprint density at radius 3 is 2.15 bits per heavy atom. The number of aliphatic carboxylic acids is 1. The van der Waals surface area contributed by atoms with E-state index in [2.05, 4.69) is 22.8 Å². The summed E-state index contributed by atoms with van der Waals surface area (Å²) in [5, 5.41) is 14.6. The fraction of sp³-hybridized carbons (Fsp3) is 0.346. The first-order chi connectivity index (χ1) is 15.8. The molecule has 0 bridgehead atoms. The fourth-order valence-electron chi connectivity index (χ4n) is 4.56. The molecular formula is C26H28N2O5. The predicted octanol–water partition coefficient (Wildman–Crippen LogP) is 3.70. The van der Waals surface area contributed by atoms with E-state index in [4.69, 9.17) is 9.84 Å². The Bertz CT molecular complexity index is 1050. The van der Waals surface area contributed by atoms with Gasteiger partial charge in [0.2, 0.25) is 5.91 Å². The molecule has 2 amide bonds. The summed E-state index contributed by atoms with van der Waals surface area (Å²) in [5.41, 5.74) is 4.52. The smallest absolute Gasteiger partial charge is 0.407 e. The van der Waals surface area contributed by atoms with Crippen molar-refractivity contribution >= 4 is 18.0 Å². The highest BCUT2D eigenvalue weighted by molar-refractivity contribution is 5.86. The Morgan fingerprint density at radius 2 is 1.61 bits per heavy atom. The van der Waals surface area contributed by atoms with Crippen LogP contribution < -0.4 is 10.6 Å². The molecule has 2 aliphatic rings. The minimum atomic E-state index is -0.917. The predicted molar refractivity (Wildman–Crippen MR) is 124 cm³/mol. The fourth-order valence-corrected chi connectivity index (χ4v) is 4.56.